The molecule has 0 saturated carbocycles. The van der Waals surface area contributed by atoms with Crippen molar-refractivity contribution >= 4 is 17.7 Å². The Kier molecular flexibility index (Phi) is 1.78. The Morgan fingerprint density at radius 2 is 2.55 bits per heavy atom. The Hall–Kier alpha value is -0.260. The van der Waals surface area contributed by atoms with E-state index in [0.717, 1.165) is 6.54 Å². The van der Waals surface area contributed by atoms with Crippen LogP contribution in [-0.2, 0) is 4.79 Å². The smallest absolute Gasteiger partial charge is 0.305 e. The van der Waals surface area contributed by atoms with Crippen LogP contribution >= 0.6 is 11.8 Å². The molecule has 11 heavy (non-hydrogen) atoms. The van der Waals surface area contributed by atoms with Gasteiger partial charge in [-0.2, -0.15) is 0 Å². The van der Waals surface area contributed by atoms with Gasteiger partial charge in [0, 0.05) is 11.8 Å². The molecule has 0 radical (unpaired) electrons. The van der Waals surface area contributed by atoms with Crippen LogP contribution in [0.4, 0.5) is 0 Å². The summed E-state index contributed by atoms with van der Waals surface area (Å²) in [5.41, 5.74) is 0. The number of carbonyl (C=O) groups is 1. The van der Waals surface area contributed by atoms with Gasteiger partial charge in [0.2, 0.25) is 0 Å². The molecule has 3 atom stereocenters. The summed E-state index contributed by atoms with van der Waals surface area (Å²) in [6, 6.07) is 0. The molecule has 0 amide bonds. The second kappa shape index (κ2) is 2.66. The summed E-state index contributed by atoms with van der Waals surface area (Å²) in [6.07, 6.45) is 0.587. The van der Waals surface area contributed by atoms with E-state index in [0.29, 0.717) is 11.4 Å². The minimum atomic E-state index is -0.726. The first kappa shape index (κ1) is 7.39. The molecule has 0 aromatic rings. The Labute approximate surface area is 68.7 Å². The van der Waals surface area contributed by atoms with Crippen molar-refractivity contribution in [2.75, 3.05) is 6.54 Å². The molecule has 2 rings (SSSR count). The third-order valence-electron chi connectivity index (χ3n) is 1.98. The number of rotatable bonds is 2. The highest BCUT2D eigenvalue weighted by molar-refractivity contribution is 8.00. The summed E-state index contributed by atoms with van der Waals surface area (Å²) in [6.45, 7) is 1.01. The van der Waals surface area contributed by atoms with Crippen molar-refractivity contribution in [1.82, 2.24) is 10.6 Å². The number of nitrogens with one attached hydrogen (secondary N) is 2. The lowest BCUT2D eigenvalue weighted by molar-refractivity contribution is -0.137. The van der Waals surface area contributed by atoms with Crippen LogP contribution in [0, 0.1) is 0 Å². The summed E-state index contributed by atoms with van der Waals surface area (Å²) < 4.78 is 0. The van der Waals surface area contributed by atoms with E-state index in [1.807, 2.05) is 0 Å². The van der Waals surface area contributed by atoms with Crippen LogP contribution in [-0.4, -0.2) is 34.4 Å². The molecule has 62 valence electrons. The first-order chi connectivity index (χ1) is 5.25. The number of fused-ring (bicyclic) bond motifs is 1. The van der Waals surface area contributed by atoms with Crippen molar-refractivity contribution in [3.05, 3.63) is 0 Å². The van der Waals surface area contributed by atoms with Gasteiger partial charge in [0.15, 0.2) is 0 Å². The van der Waals surface area contributed by atoms with E-state index in [1.165, 1.54) is 0 Å². The predicted molar refractivity (Wildman–Crippen MR) is 42.3 cm³/mol. The Balaban J connectivity index is 1.84. The maximum absolute atomic E-state index is 10.3. The third kappa shape index (κ3) is 1.36. The topological polar surface area (TPSA) is 61.4 Å². The first-order valence-corrected chi connectivity index (χ1v) is 4.56. The molecule has 3 N–H and O–H groups in total. The van der Waals surface area contributed by atoms with Gasteiger partial charge in [0.1, 0.15) is 0 Å². The largest absolute Gasteiger partial charge is 0.481 e. The molecule has 2 fully saturated rings. The molecule has 2 aliphatic heterocycles. The van der Waals surface area contributed by atoms with Gasteiger partial charge in [-0.3, -0.25) is 15.4 Å². The van der Waals surface area contributed by atoms with Crippen LogP contribution in [0.25, 0.3) is 0 Å². The van der Waals surface area contributed by atoms with Crippen LogP contribution in [0.5, 0.6) is 0 Å². The second-order valence-corrected chi connectivity index (χ2v) is 4.26. The maximum Gasteiger partial charge on any atom is 0.305 e. The molecular weight excluding hydrogens is 164 g/mol. The number of carboxylic acids is 1. The van der Waals surface area contributed by atoms with Crippen molar-refractivity contribution in [3.63, 3.8) is 0 Å². The maximum atomic E-state index is 10.3. The summed E-state index contributed by atoms with van der Waals surface area (Å²) >= 11 is 1.73. The van der Waals surface area contributed by atoms with Crippen molar-refractivity contribution in [3.8, 4) is 0 Å². The van der Waals surface area contributed by atoms with Gasteiger partial charge in [0.25, 0.3) is 0 Å². The van der Waals surface area contributed by atoms with Crippen molar-refractivity contribution in [2.45, 2.75) is 23.2 Å². The van der Waals surface area contributed by atoms with E-state index >= 15 is 0 Å². The average molecular weight is 174 g/mol. The first-order valence-electron chi connectivity index (χ1n) is 3.62. The predicted octanol–water partition coefficient (Wildman–Crippen LogP) is -0.578. The summed E-state index contributed by atoms with van der Waals surface area (Å²) in [4.78, 5) is 10.3. The lowest BCUT2D eigenvalue weighted by Crippen LogP contribution is -2.58. The number of aliphatic carboxylic acids is 1. The van der Waals surface area contributed by atoms with Gasteiger partial charge in [-0.05, 0) is 0 Å². The highest BCUT2D eigenvalue weighted by Gasteiger charge is 2.40. The fraction of sp³-hybridized carbons (Fsp3) is 0.833. The van der Waals surface area contributed by atoms with Gasteiger partial charge >= 0.3 is 5.97 Å². The normalized spacial score (nSPS) is 41.3. The van der Waals surface area contributed by atoms with Crippen molar-refractivity contribution in [1.29, 1.82) is 0 Å². The second-order valence-electron chi connectivity index (χ2n) is 2.81. The number of hydrogen-bond donors (Lipinski definition) is 3. The van der Waals surface area contributed by atoms with Crippen LogP contribution in [0.1, 0.15) is 6.42 Å². The van der Waals surface area contributed by atoms with E-state index in [-0.39, 0.29) is 11.8 Å². The lowest BCUT2D eigenvalue weighted by atomic mass is 10.2. The zero-order valence-electron chi connectivity index (χ0n) is 5.91. The lowest BCUT2D eigenvalue weighted by Gasteiger charge is -2.30. The molecule has 0 aliphatic carbocycles. The Morgan fingerprint density at radius 1 is 1.73 bits per heavy atom. The minimum Gasteiger partial charge on any atom is -0.481 e. The van der Waals surface area contributed by atoms with Gasteiger partial charge < -0.3 is 5.11 Å². The molecule has 2 heterocycles. The quantitative estimate of drug-likeness (QED) is 0.523. The molecule has 0 bridgehead atoms. The van der Waals surface area contributed by atoms with Crippen LogP contribution in [0.3, 0.4) is 0 Å². The van der Waals surface area contributed by atoms with E-state index in [4.69, 9.17) is 5.11 Å². The standard InChI is InChI=1S/C6H10N2O2S/c9-5(10)1-4-8-6-3(11-4)2-7-6/h3-4,6-8H,1-2H2,(H,9,10). The number of hydrogen-bond acceptors (Lipinski definition) is 4. The van der Waals surface area contributed by atoms with Crippen LogP contribution in [0.15, 0.2) is 0 Å². The molecule has 5 heteroatoms. The molecule has 0 aromatic carbocycles. The average Bonchev–Trinajstić information content (AvgIpc) is 2.12. The Morgan fingerprint density at radius 3 is 2.91 bits per heavy atom. The summed E-state index contributed by atoms with van der Waals surface area (Å²) in [5, 5.41) is 15.6. The SMILES string of the molecule is O=C(O)CC1NC2NCC2S1. The van der Waals surface area contributed by atoms with E-state index in [1.54, 1.807) is 11.8 Å². The third-order valence-corrected chi connectivity index (χ3v) is 3.39. The molecule has 0 aromatic heterocycles. The number of carboxylic acid groups (broad SMARTS) is 1. The summed E-state index contributed by atoms with van der Waals surface area (Å²) in [7, 11) is 0. The molecule has 3 unspecified atom stereocenters. The van der Waals surface area contributed by atoms with Gasteiger partial charge in [-0.1, -0.05) is 0 Å². The molecular formula is C6H10N2O2S. The van der Waals surface area contributed by atoms with Crippen LogP contribution < -0.4 is 10.6 Å². The minimum absolute atomic E-state index is 0.109. The highest BCUT2D eigenvalue weighted by atomic mass is 32.2. The zero-order valence-corrected chi connectivity index (χ0v) is 6.73. The zero-order chi connectivity index (χ0) is 7.84. The molecule has 2 saturated heterocycles. The Bertz CT molecular complexity index is 175. The molecule has 0 spiro atoms. The molecule has 4 nitrogen and oxygen atoms in total. The fourth-order valence-corrected chi connectivity index (χ4v) is 2.75. The summed E-state index contributed by atoms with van der Waals surface area (Å²) in [5.74, 6) is -0.726. The number of thioether (sulfide) groups is 1. The molecule has 2 aliphatic rings. The fourth-order valence-electron chi connectivity index (χ4n) is 1.34. The van der Waals surface area contributed by atoms with E-state index in [2.05, 4.69) is 10.6 Å². The van der Waals surface area contributed by atoms with E-state index < -0.39 is 5.97 Å². The monoisotopic (exact) mass is 174 g/mol. The van der Waals surface area contributed by atoms with Gasteiger partial charge in [-0.25, -0.2) is 0 Å². The van der Waals surface area contributed by atoms with Crippen molar-refractivity contribution < 1.29 is 9.90 Å². The van der Waals surface area contributed by atoms with Gasteiger partial charge in [0.05, 0.1) is 18.0 Å². The highest BCUT2D eigenvalue weighted by Crippen LogP contribution is 2.31. The van der Waals surface area contributed by atoms with Gasteiger partial charge in [-0.15, -0.1) is 11.8 Å². The van der Waals surface area contributed by atoms with E-state index in [9.17, 15) is 4.79 Å². The van der Waals surface area contributed by atoms with Crippen molar-refractivity contribution in [2.24, 2.45) is 0 Å². The van der Waals surface area contributed by atoms with Crippen LogP contribution in [0.2, 0.25) is 0 Å².